The first-order valence-electron chi connectivity index (χ1n) is 13.8. The lowest BCUT2D eigenvalue weighted by atomic mass is 10.0. The van der Waals surface area contributed by atoms with Gasteiger partial charge in [0.25, 0.3) is 0 Å². The summed E-state index contributed by atoms with van der Waals surface area (Å²) in [5.74, 6) is -0.138. The number of benzene rings is 3. The van der Waals surface area contributed by atoms with Gasteiger partial charge in [-0.1, -0.05) is 44.2 Å². The number of hydrogen-bond donors (Lipinski definition) is 2. The second-order valence-electron chi connectivity index (χ2n) is 9.69. The zero-order valence-corrected chi connectivity index (χ0v) is 25.8. The van der Waals surface area contributed by atoms with Gasteiger partial charge >= 0.3 is 20.8 Å². The van der Waals surface area contributed by atoms with Crippen LogP contribution in [0.25, 0.3) is 66.1 Å². The molecule has 0 radical (unpaired) electrons. The van der Waals surface area contributed by atoms with Gasteiger partial charge in [0.2, 0.25) is 0 Å². The van der Waals surface area contributed by atoms with Gasteiger partial charge in [-0.2, -0.15) is 16.8 Å². The fourth-order valence-corrected chi connectivity index (χ4v) is 5.83. The fraction of sp³-hybridized carbons (Fsp3) is 0.0625. The summed E-state index contributed by atoms with van der Waals surface area (Å²) in [7, 11) is -9.51. The minimum Gasteiger partial charge on any atom is -0.361 e. The maximum absolute atomic E-state index is 11.4. The molecule has 0 saturated heterocycles. The number of nitrogens with zero attached hydrogens (tertiary/aromatic N) is 4. The van der Waals surface area contributed by atoms with Gasteiger partial charge in [-0.25, -0.2) is 9.97 Å². The maximum atomic E-state index is 11.4. The Bertz CT molecular complexity index is 2350. The zero-order valence-electron chi connectivity index (χ0n) is 24.2. The molecule has 0 bridgehead atoms. The second kappa shape index (κ2) is 11.9. The van der Waals surface area contributed by atoms with Crippen molar-refractivity contribution in [2.45, 2.75) is 13.8 Å². The Kier molecular flexibility index (Phi) is 7.96. The van der Waals surface area contributed by atoms with Crippen molar-refractivity contribution in [3.05, 3.63) is 97.3 Å². The van der Waals surface area contributed by atoms with Crippen LogP contribution in [0.5, 0.6) is 11.5 Å². The minimum absolute atomic E-state index is 0.0688. The molecule has 7 aromatic rings. The van der Waals surface area contributed by atoms with Crippen molar-refractivity contribution in [2.24, 2.45) is 0 Å². The van der Waals surface area contributed by atoms with Crippen LogP contribution < -0.4 is 8.37 Å². The molecule has 0 aliphatic carbocycles. The highest BCUT2D eigenvalue weighted by Crippen LogP contribution is 2.36. The molecule has 0 saturated carbocycles. The van der Waals surface area contributed by atoms with Crippen molar-refractivity contribution >= 4 is 64.4 Å². The molecule has 0 amide bonds. The molecule has 0 fully saturated rings. The second-order valence-corrected chi connectivity index (χ2v) is 11.7. The monoisotopic (exact) mass is 656 g/mol. The third-order valence-electron chi connectivity index (χ3n) is 6.87. The van der Waals surface area contributed by atoms with E-state index in [1.165, 1.54) is 12.1 Å². The van der Waals surface area contributed by atoms with Crippen molar-refractivity contribution in [1.29, 1.82) is 0 Å². The van der Waals surface area contributed by atoms with E-state index in [0.717, 1.165) is 11.1 Å². The lowest BCUT2D eigenvalue weighted by Crippen LogP contribution is -2.07. The number of pyridine rings is 4. The molecule has 0 spiro atoms. The van der Waals surface area contributed by atoms with Crippen LogP contribution in [-0.2, 0) is 20.8 Å². The topological polar surface area (TPSA) is 179 Å². The summed E-state index contributed by atoms with van der Waals surface area (Å²) in [6, 6.07) is 24.1. The Balaban J connectivity index is 0.00000182. The Morgan fingerprint density at radius 3 is 1.39 bits per heavy atom. The average Bonchev–Trinajstić information content (AvgIpc) is 3.04. The molecule has 3 aromatic carbocycles. The van der Waals surface area contributed by atoms with E-state index >= 15 is 0 Å². The van der Waals surface area contributed by atoms with E-state index in [9.17, 15) is 25.9 Å². The van der Waals surface area contributed by atoms with Gasteiger partial charge in [-0.15, -0.1) is 0 Å². The standard InChI is InChI=1S/C30H18N4O8S2.C2H6/c35-43(36,37)41-25-15-19-8-10-23(33-27(19)29-21(25)6-2-12-31-29)17-4-1-5-18(14-17)24-11-9-20-16-26(42-44(38,39)40)22-7-3-13-32-30(22)28(20)34-24;1-2/h1-16H,(H,35,36,37)(H,38,39,40);1-2H3. The van der Waals surface area contributed by atoms with Crippen molar-refractivity contribution in [3.63, 3.8) is 0 Å². The summed E-state index contributed by atoms with van der Waals surface area (Å²) in [4.78, 5) is 18.4. The summed E-state index contributed by atoms with van der Waals surface area (Å²) < 4.78 is 73.8. The molecule has 2 N–H and O–H groups in total. The molecule has 4 aromatic heterocycles. The van der Waals surface area contributed by atoms with E-state index in [0.29, 0.717) is 55.0 Å². The van der Waals surface area contributed by atoms with E-state index < -0.39 is 20.8 Å². The lowest BCUT2D eigenvalue weighted by Gasteiger charge is -2.11. The minimum atomic E-state index is -4.75. The Hall–Kier alpha value is -5.28. The average molecular weight is 657 g/mol. The van der Waals surface area contributed by atoms with Crippen LogP contribution >= 0.6 is 0 Å². The molecule has 0 aliphatic rings. The quantitative estimate of drug-likeness (QED) is 0.145. The maximum Gasteiger partial charge on any atom is 0.446 e. The number of aromatic nitrogens is 4. The molecule has 232 valence electrons. The van der Waals surface area contributed by atoms with Crippen molar-refractivity contribution in [1.82, 2.24) is 19.9 Å². The van der Waals surface area contributed by atoms with Crippen LogP contribution in [0, 0.1) is 0 Å². The molecule has 7 rings (SSSR count). The molecule has 0 aliphatic heterocycles. The molecular formula is C32H24N4O8S2. The normalized spacial score (nSPS) is 11.8. The number of hydrogen-bond acceptors (Lipinski definition) is 10. The van der Waals surface area contributed by atoms with E-state index in [1.54, 1.807) is 60.9 Å². The van der Waals surface area contributed by atoms with Crippen LogP contribution in [0.3, 0.4) is 0 Å². The molecule has 46 heavy (non-hydrogen) atoms. The van der Waals surface area contributed by atoms with Crippen molar-refractivity contribution in [3.8, 4) is 34.0 Å². The van der Waals surface area contributed by atoms with Crippen LogP contribution in [-0.4, -0.2) is 45.9 Å². The van der Waals surface area contributed by atoms with Crippen molar-refractivity contribution < 1.29 is 34.3 Å². The molecule has 0 unspecified atom stereocenters. The summed E-state index contributed by atoms with van der Waals surface area (Å²) in [6.45, 7) is 4.00. The molecular weight excluding hydrogens is 633 g/mol. The third kappa shape index (κ3) is 6.14. The summed E-state index contributed by atoms with van der Waals surface area (Å²) in [6.07, 6.45) is 3.10. The summed E-state index contributed by atoms with van der Waals surface area (Å²) in [5, 5.41) is 1.84. The summed E-state index contributed by atoms with van der Waals surface area (Å²) >= 11 is 0. The van der Waals surface area contributed by atoms with Crippen molar-refractivity contribution in [2.75, 3.05) is 0 Å². The molecule has 4 heterocycles. The smallest absolute Gasteiger partial charge is 0.361 e. The first-order valence-corrected chi connectivity index (χ1v) is 16.6. The number of fused-ring (bicyclic) bond motifs is 6. The van der Waals surface area contributed by atoms with Crippen LogP contribution in [0.4, 0.5) is 0 Å². The molecule has 12 nitrogen and oxygen atoms in total. The highest BCUT2D eigenvalue weighted by atomic mass is 32.3. The van der Waals surface area contributed by atoms with E-state index in [1.807, 2.05) is 38.1 Å². The first kappa shape index (κ1) is 30.7. The van der Waals surface area contributed by atoms with E-state index in [4.69, 9.17) is 18.3 Å². The van der Waals surface area contributed by atoms with Gasteiger partial charge in [0.05, 0.1) is 22.4 Å². The van der Waals surface area contributed by atoms with Gasteiger partial charge in [-0.05, 0) is 54.6 Å². The third-order valence-corrected chi connectivity index (χ3v) is 7.65. The fourth-order valence-electron chi connectivity index (χ4n) is 5.10. The molecule has 0 atom stereocenters. The van der Waals surface area contributed by atoms with Gasteiger partial charge in [0.1, 0.15) is 11.0 Å². The SMILES string of the molecule is CC.O=S(=O)(O)Oc1cc2ccc(-c3cccc(-c4ccc5cc(OS(=O)(=O)O)c6cccnc6c5n4)c3)nc2c2ncccc12. The van der Waals surface area contributed by atoms with Crippen LogP contribution in [0.15, 0.2) is 97.3 Å². The Morgan fingerprint density at radius 2 is 0.978 bits per heavy atom. The zero-order chi connectivity index (χ0) is 32.6. The first-order chi connectivity index (χ1) is 22.0. The predicted molar refractivity (Wildman–Crippen MR) is 174 cm³/mol. The Morgan fingerprint density at radius 1 is 0.543 bits per heavy atom. The number of rotatable bonds is 6. The van der Waals surface area contributed by atoms with Gasteiger partial charge in [0, 0.05) is 45.1 Å². The van der Waals surface area contributed by atoms with Gasteiger partial charge in [-0.3, -0.25) is 19.1 Å². The highest BCUT2D eigenvalue weighted by molar-refractivity contribution is 7.81. The van der Waals surface area contributed by atoms with E-state index in [-0.39, 0.29) is 11.5 Å². The lowest BCUT2D eigenvalue weighted by molar-refractivity contribution is 0.386. The highest BCUT2D eigenvalue weighted by Gasteiger charge is 2.18. The predicted octanol–water partition coefficient (Wildman–Crippen LogP) is 6.60. The largest absolute Gasteiger partial charge is 0.446 e. The van der Waals surface area contributed by atoms with Crippen LogP contribution in [0.2, 0.25) is 0 Å². The van der Waals surface area contributed by atoms with Gasteiger partial charge in [0.15, 0.2) is 11.5 Å². The summed E-state index contributed by atoms with van der Waals surface area (Å²) in [5.41, 5.74) is 4.60. The molecule has 14 heteroatoms. The van der Waals surface area contributed by atoms with Crippen LogP contribution in [0.1, 0.15) is 13.8 Å². The van der Waals surface area contributed by atoms with Gasteiger partial charge < -0.3 is 8.37 Å². The van der Waals surface area contributed by atoms with E-state index in [2.05, 4.69) is 9.97 Å². The Labute approximate surface area is 263 Å².